The number of aromatic nitrogens is 1. The van der Waals surface area contributed by atoms with Crippen molar-refractivity contribution in [3.8, 4) is 0 Å². The summed E-state index contributed by atoms with van der Waals surface area (Å²) in [4.78, 5) is 6.51. The number of thiophene rings is 1. The molecule has 1 atom stereocenters. The van der Waals surface area contributed by atoms with Crippen LogP contribution in [0.2, 0.25) is 0 Å². The van der Waals surface area contributed by atoms with Crippen LogP contribution < -0.4 is 0 Å². The van der Waals surface area contributed by atoms with E-state index in [4.69, 9.17) is 4.74 Å². The SMILES string of the molecule is Cc1cc(S(=O)(=O)N(Cc2ccccn2)CC2CCCO2)c(C)s1. The van der Waals surface area contributed by atoms with Crippen LogP contribution in [-0.4, -0.2) is 37.0 Å². The normalized spacial score (nSPS) is 18.4. The van der Waals surface area contributed by atoms with Gasteiger partial charge in [-0.3, -0.25) is 4.98 Å². The van der Waals surface area contributed by atoms with Crippen LogP contribution >= 0.6 is 11.3 Å². The van der Waals surface area contributed by atoms with Gasteiger partial charge >= 0.3 is 0 Å². The van der Waals surface area contributed by atoms with Gasteiger partial charge in [0, 0.05) is 29.1 Å². The van der Waals surface area contributed by atoms with Crippen LogP contribution in [0.4, 0.5) is 0 Å². The van der Waals surface area contributed by atoms with Crippen molar-refractivity contribution in [3.63, 3.8) is 0 Å². The van der Waals surface area contributed by atoms with Gasteiger partial charge in [0.25, 0.3) is 0 Å². The monoisotopic (exact) mass is 366 g/mol. The van der Waals surface area contributed by atoms with E-state index in [1.54, 1.807) is 12.3 Å². The molecule has 7 heteroatoms. The molecule has 0 aromatic carbocycles. The van der Waals surface area contributed by atoms with Crippen LogP contribution in [0.25, 0.3) is 0 Å². The first-order valence-corrected chi connectivity index (χ1v) is 10.3. The summed E-state index contributed by atoms with van der Waals surface area (Å²) in [7, 11) is -3.57. The number of aryl methyl sites for hydroxylation is 2. The van der Waals surface area contributed by atoms with E-state index >= 15 is 0 Å². The van der Waals surface area contributed by atoms with Gasteiger partial charge in [0.1, 0.15) is 0 Å². The summed E-state index contributed by atoms with van der Waals surface area (Å²) >= 11 is 1.51. The highest BCUT2D eigenvalue weighted by molar-refractivity contribution is 7.89. The highest BCUT2D eigenvalue weighted by Crippen LogP contribution is 2.29. The molecule has 1 aliphatic rings. The Morgan fingerprint density at radius 1 is 1.38 bits per heavy atom. The summed E-state index contributed by atoms with van der Waals surface area (Å²) in [6.07, 6.45) is 3.53. The largest absolute Gasteiger partial charge is 0.377 e. The summed E-state index contributed by atoms with van der Waals surface area (Å²) in [6.45, 7) is 5.12. The number of sulfonamides is 1. The third kappa shape index (κ3) is 3.85. The van der Waals surface area contributed by atoms with Crippen molar-refractivity contribution in [3.05, 3.63) is 45.9 Å². The Morgan fingerprint density at radius 3 is 2.79 bits per heavy atom. The van der Waals surface area contributed by atoms with Gasteiger partial charge < -0.3 is 4.74 Å². The Kier molecular flexibility index (Phi) is 5.34. The van der Waals surface area contributed by atoms with E-state index in [0.717, 1.165) is 28.3 Å². The van der Waals surface area contributed by atoms with E-state index < -0.39 is 10.0 Å². The molecular weight excluding hydrogens is 344 g/mol. The van der Waals surface area contributed by atoms with E-state index in [9.17, 15) is 8.42 Å². The summed E-state index contributed by atoms with van der Waals surface area (Å²) in [5.41, 5.74) is 0.740. The molecule has 1 fully saturated rings. The first kappa shape index (κ1) is 17.5. The smallest absolute Gasteiger partial charge is 0.244 e. The minimum absolute atomic E-state index is 0.0384. The maximum absolute atomic E-state index is 13.2. The van der Waals surface area contributed by atoms with Crippen LogP contribution in [0.5, 0.6) is 0 Å². The maximum Gasteiger partial charge on any atom is 0.244 e. The van der Waals surface area contributed by atoms with Crippen molar-refractivity contribution < 1.29 is 13.2 Å². The Bertz CT molecular complexity index is 781. The first-order chi connectivity index (χ1) is 11.5. The number of nitrogens with zero attached hydrogens (tertiary/aromatic N) is 2. The third-order valence-corrected chi connectivity index (χ3v) is 7.14. The highest BCUT2D eigenvalue weighted by Gasteiger charge is 2.31. The molecule has 5 nitrogen and oxygen atoms in total. The second-order valence-electron chi connectivity index (χ2n) is 6.03. The number of pyridine rings is 1. The number of hydrogen-bond acceptors (Lipinski definition) is 5. The molecular formula is C17H22N2O3S2. The zero-order valence-corrected chi connectivity index (χ0v) is 15.6. The zero-order chi connectivity index (χ0) is 17.2. The summed E-state index contributed by atoms with van der Waals surface area (Å²) < 4.78 is 33.6. The van der Waals surface area contributed by atoms with E-state index in [1.165, 1.54) is 15.6 Å². The van der Waals surface area contributed by atoms with E-state index in [2.05, 4.69) is 4.98 Å². The van der Waals surface area contributed by atoms with Crippen molar-refractivity contribution in [2.45, 2.75) is 44.2 Å². The summed E-state index contributed by atoms with van der Waals surface area (Å²) in [6, 6.07) is 7.31. The highest BCUT2D eigenvalue weighted by atomic mass is 32.2. The first-order valence-electron chi connectivity index (χ1n) is 8.05. The molecule has 1 saturated heterocycles. The van der Waals surface area contributed by atoms with Gasteiger partial charge in [0.15, 0.2) is 0 Å². The minimum Gasteiger partial charge on any atom is -0.377 e. The fraction of sp³-hybridized carbons (Fsp3) is 0.471. The minimum atomic E-state index is -3.57. The van der Waals surface area contributed by atoms with Gasteiger partial charge in [0.05, 0.1) is 23.2 Å². The Labute approximate surface area is 147 Å². The van der Waals surface area contributed by atoms with Crippen molar-refractivity contribution in [1.82, 2.24) is 9.29 Å². The topological polar surface area (TPSA) is 59.5 Å². The Morgan fingerprint density at radius 2 is 2.21 bits per heavy atom. The second kappa shape index (κ2) is 7.31. The fourth-order valence-corrected chi connectivity index (χ4v) is 5.90. The van der Waals surface area contributed by atoms with Crippen molar-refractivity contribution >= 4 is 21.4 Å². The molecule has 0 aliphatic carbocycles. The molecule has 0 amide bonds. The predicted molar refractivity (Wildman–Crippen MR) is 94.6 cm³/mol. The van der Waals surface area contributed by atoms with Gasteiger partial charge in [-0.05, 0) is 44.9 Å². The van der Waals surface area contributed by atoms with Crippen molar-refractivity contribution in [1.29, 1.82) is 0 Å². The average molecular weight is 367 g/mol. The molecule has 0 N–H and O–H groups in total. The lowest BCUT2D eigenvalue weighted by Gasteiger charge is -2.24. The lowest BCUT2D eigenvalue weighted by molar-refractivity contribution is 0.0924. The molecule has 3 heterocycles. The number of rotatable bonds is 6. The molecule has 1 aliphatic heterocycles. The second-order valence-corrected chi connectivity index (χ2v) is 9.40. The predicted octanol–water partition coefficient (Wildman–Crippen LogP) is 3.13. The molecule has 0 saturated carbocycles. The van der Waals surface area contributed by atoms with Crippen molar-refractivity contribution in [2.75, 3.05) is 13.2 Å². The molecule has 3 rings (SSSR count). The lowest BCUT2D eigenvalue weighted by atomic mass is 10.2. The quantitative estimate of drug-likeness (QED) is 0.788. The molecule has 1 unspecified atom stereocenters. The average Bonchev–Trinajstić information content (AvgIpc) is 3.17. The van der Waals surface area contributed by atoms with Crippen LogP contribution in [0.3, 0.4) is 0 Å². The summed E-state index contributed by atoms with van der Waals surface area (Å²) in [5.74, 6) is 0. The van der Waals surface area contributed by atoms with E-state index in [-0.39, 0.29) is 12.6 Å². The van der Waals surface area contributed by atoms with Crippen molar-refractivity contribution in [2.24, 2.45) is 0 Å². The third-order valence-electron chi connectivity index (χ3n) is 4.11. The zero-order valence-electron chi connectivity index (χ0n) is 13.9. The standard InChI is InChI=1S/C17H22N2O3S2/c1-13-10-17(14(2)23-13)24(20,21)19(12-16-7-5-9-22-16)11-15-6-3-4-8-18-15/h3-4,6,8,10,16H,5,7,9,11-12H2,1-2H3. The molecule has 0 spiro atoms. The molecule has 130 valence electrons. The lowest BCUT2D eigenvalue weighted by Crippen LogP contribution is -2.37. The molecule has 24 heavy (non-hydrogen) atoms. The van der Waals surface area contributed by atoms with Gasteiger partial charge in [-0.2, -0.15) is 4.31 Å². The van der Waals surface area contributed by atoms with E-state index in [1.807, 2.05) is 32.0 Å². The molecule has 0 radical (unpaired) electrons. The van der Waals surface area contributed by atoms with E-state index in [0.29, 0.717) is 18.0 Å². The Hall–Kier alpha value is -1.28. The van der Waals surface area contributed by atoms with Gasteiger partial charge in [-0.25, -0.2) is 8.42 Å². The van der Waals surface area contributed by atoms with Gasteiger partial charge in [-0.1, -0.05) is 6.07 Å². The van der Waals surface area contributed by atoms with Crippen LogP contribution in [0.1, 0.15) is 28.3 Å². The van der Waals surface area contributed by atoms with Gasteiger partial charge in [0.2, 0.25) is 10.0 Å². The van der Waals surface area contributed by atoms with Crippen LogP contribution in [0.15, 0.2) is 35.4 Å². The molecule has 0 bridgehead atoms. The molecule has 2 aromatic heterocycles. The maximum atomic E-state index is 13.2. The van der Waals surface area contributed by atoms with Crippen LogP contribution in [-0.2, 0) is 21.3 Å². The van der Waals surface area contributed by atoms with Gasteiger partial charge in [-0.15, -0.1) is 11.3 Å². The molecule has 2 aromatic rings. The fourth-order valence-electron chi connectivity index (χ4n) is 2.94. The number of hydrogen-bond donors (Lipinski definition) is 0. The Balaban J connectivity index is 1.91. The number of ether oxygens (including phenoxy) is 1. The summed E-state index contributed by atoms with van der Waals surface area (Å²) in [5, 5.41) is 0. The van der Waals surface area contributed by atoms with Crippen LogP contribution in [0, 0.1) is 13.8 Å².